The minimum Gasteiger partial charge on any atom is -0.316 e. The Bertz CT molecular complexity index is 514. The summed E-state index contributed by atoms with van der Waals surface area (Å²) in [5, 5.41) is 3.29. The molecule has 2 N–H and O–H groups in total. The van der Waals surface area contributed by atoms with E-state index in [9.17, 15) is 8.42 Å². The monoisotopic (exact) mass is 318 g/mol. The second kappa shape index (κ2) is 7.98. The number of benzene rings is 1. The Hall–Kier alpha value is -0.620. The maximum absolute atomic E-state index is 12.1. The van der Waals surface area contributed by atoms with Crippen LogP contribution in [0.2, 0.25) is 0 Å². The topological polar surface area (TPSA) is 58.2 Å². The van der Waals surface area contributed by atoms with Crippen molar-refractivity contribution in [2.45, 2.75) is 31.1 Å². The Balaban J connectivity index is 0.00000200. The molecule has 0 bridgehead atoms. The second-order valence-corrected chi connectivity index (χ2v) is 6.81. The van der Waals surface area contributed by atoms with E-state index in [0.717, 1.165) is 37.9 Å². The highest BCUT2D eigenvalue weighted by molar-refractivity contribution is 7.89. The van der Waals surface area contributed by atoms with Crippen molar-refractivity contribution in [2.24, 2.45) is 5.92 Å². The van der Waals surface area contributed by atoms with Gasteiger partial charge in [0.15, 0.2) is 0 Å². The smallest absolute Gasteiger partial charge is 0.240 e. The van der Waals surface area contributed by atoms with Crippen LogP contribution in [0, 0.1) is 5.92 Å². The molecule has 0 aromatic heterocycles. The molecule has 114 valence electrons. The Kier molecular flexibility index (Phi) is 6.95. The lowest BCUT2D eigenvalue weighted by Crippen LogP contribution is -2.26. The van der Waals surface area contributed by atoms with E-state index in [1.54, 1.807) is 18.2 Å². The van der Waals surface area contributed by atoms with Crippen molar-refractivity contribution in [1.82, 2.24) is 10.0 Å². The zero-order valence-electron chi connectivity index (χ0n) is 11.8. The molecule has 1 saturated heterocycles. The molecule has 0 spiro atoms. The van der Waals surface area contributed by atoms with Crippen LogP contribution >= 0.6 is 12.4 Å². The molecule has 1 heterocycles. The Morgan fingerprint density at radius 2 is 2.20 bits per heavy atom. The van der Waals surface area contributed by atoms with Crippen LogP contribution < -0.4 is 10.0 Å². The normalized spacial score (nSPS) is 18.8. The largest absolute Gasteiger partial charge is 0.316 e. The summed E-state index contributed by atoms with van der Waals surface area (Å²) < 4.78 is 27.0. The predicted octanol–water partition coefficient (Wildman–Crippen LogP) is 1.95. The molecule has 20 heavy (non-hydrogen) atoms. The minimum atomic E-state index is -3.35. The summed E-state index contributed by atoms with van der Waals surface area (Å²) in [6.07, 6.45) is 2.89. The van der Waals surface area contributed by atoms with Gasteiger partial charge in [-0.2, -0.15) is 0 Å². The van der Waals surface area contributed by atoms with Crippen molar-refractivity contribution in [3.63, 3.8) is 0 Å². The molecule has 1 aromatic carbocycles. The van der Waals surface area contributed by atoms with Crippen molar-refractivity contribution in [3.05, 3.63) is 29.8 Å². The van der Waals surface area contributed by atoms with Gasteiger partial charge < -0.3 is 5.32 Å². The highest BCUT2D eigenvalue weighted by Crippen LogP contribution is 2.14. The molecule has 2 rings (SSSR count). The SMILES string of the molecule is CCc1cccc(S(=O)(=O)NCCC2CCNC2)c1.Cl. The van der Waals surface area contributed by atoms with Crippen LogP contribution in [0.4, 0.5) is 0 Å². The maximum Gasteiger partial charge on any atom is 0.240 e. The van der Waals surface area contributed by atoms with Gasteiger partial charge in [0.2, 0.25) is 10.0 Å². The first-order valence-corrected chi connectivity index (χ1v) is 8.39. The maximum atomic E-state index is 12.1. The first-order valence-electron chi connectivity index (χ1n) is 6.91. The molecule has 1 fully saturated rings. The number of halogens is 1. The second-order valence-electron chi connectivity index (χ2n) is 5.05. The van der Waals surface area contributed by atoms with Crippen LogP contribution in [0.3, 0.4) is 0 Å². The fraction of sp³-hybridized carbons (Fsp3) is 0.571. The van der Waals surface area contributed by atoms with Gasteiger partial charge in [0.05, 0.1) is 4.90 Å². The summed E-state index contributed by atoms with van der Waals surface area (Å²) in [4.78, 5) is 0.372. The average Bonchev–Trinajstić information content (AvgIpc) is 2.92. The van der Waals surface area contributed by atoms with Gasteiger partial charge in [0.25, 0.3) is 0 Å². The minimum absolute atomic E-state index is 0. The molecule has 1 atom stereocenters. The first-order chi connectivity index (χ1) is 9.12. The van der Waals surface area contributed by atoms with E-state index in [0.29, 0.717) is 17.4 Å². The number of sulfonamides is 1. The molecule has 1 aliphatic rings. The third-order valence-corrected chi connectivity index (χ3v) is 5.08. The van der Waals surface area contributed by atoms with Crippen molar-refractivity contribution in [3.8, 4) is 0 Å². The van der Waals surface area contributed by atoms with Gasteiger partial charge in [-0.15, -0.1) is 12.4 Å². The van der Waals surface area contributed by atoms with Crippen LogP contribution in [0.25, 0.3) is 0 Å². The zero-order valence-corrected chi connectivity index (χ0v) is 13.4. The summed E-state index contributed by atoms with van der Waals surface area (Å²) in [5.74, 6) is 0.602. The van der Waals surface area contributed by atoms with Gasteiger partial charge in [-0.05, 0) is 56.0 Å². The number of nitrogens with one attached hydrogen (secondary N) is 2. The third-order valence-electron chi connectivity index (χ3n) is 3.62. The fourth-order valence-electron chi connectivity index (χ4n) is 2.37. The summed E-state index contributed by atoms with van der Waals surface area (Å²) in [6, 6.07) is 7.15. The molecule has 0 radical (unpaired) electrons. The van der Waals surface area contributed by atoms with Crippen LogP contribution in [-0.4, -0.2) is 28.1 Å². The van der Waals surface area contributed by atoms with Gasteiger partial charge in [0.1, 0.15) is 0 Å². The van der Waals surface area contributed by atoms with E-state index < -0.39 is 10.0 Å². The lowest BCUT2D eigenvalue weighted by atomic mass is 10.1. The van der Waals surface area contributed by atoms with Gasteiger partial charge in [-0.25, -0.2) is 13.1 Å². The highest BCUT2D eigenvalue weighted by Gasteiger charge is 2.17. The quantitative estimate of drug-likeness (QED) is 0.843. The summed E-state index contributed by atoms with van der Waals surface area (Å²) in [7, 11) is -3.35. The van der Waals surface area contributed by atoms with E-state index in [2.05, 4.69) is 10.0 Å². The van der Waals surface area contributed by atoms with Crippen molar-refractivity contribution in [1.29, 1.82) is 0 Å². The molecular formula is C14H23ClN2O2S. The molecule has 6 heteroatoms. The average molecular weight is 319 g/mol. The van der Waals surface area contributed by atoms with E-state index in [1.165, 1.54) is 0 Å². The van der Waals surface area contributed by atoms with E-state index in [1.807, 2.05) is 13.0 Å². The van der Waals surface area contributed by atoms with Crippen molar-refractivity contribution in [2.75, 3.05) is 19.6 Å². The fourth-order valence-corrected chi connectivity index (χ4v) is 3.49. The summed E-state index contributed by atoms with van der Waals surface area (Å²) in [5.41, 5.74) is 1.04. The van der Waals surface area contributed by atoms with Crippen LogP contribution in [0.5, 0.6) is 0 Å². The Labute approximate surface area is 127 Å². The Morgan fingerprint density at radius 3 is 2.85 bits per heavy atom. The molecule has 1 unspecified atom stereocenters. The third kappa shape index (κ3) is 4.74. The molecule has 0 saturated carbocycles. The molecule has 4 nitrogen and oxygen atoms in total. The van der Waals surface area contributed by atoms with Crippen LogP contribution in [-0.2, 0) is 16.4 Å². The predicted molar refractivity (Wildman–Crippen MR) is 83.9 cm³/mol. The van der Waals surface area contributed by atoms with Crippen LogP contribution in [0.1, 0.15) is 25.3 Å². The van der Waals surface area contributed by atoms with Gasteiger partial charge in [0, 0.05) is 6.54 Å². The highest BCUT2D eigenvalue weighted by atomic mass is 35.5. The number of rotatable bonds is 6. The molecule has 1 aromatic rings. The molecular weight excluding hydrogens is 296 g/mol. The van der Waals surface area contributed by atoms with E-state index >= 15 is 0 Å². The first kappa shape index (κ1) is 17.4. The van der Waals surface area contributed by atoms with Crippen molar-refractivity contribution >= 4 is 22.4 Å². The molecule has 0 aliphatic carbocycles. The molecule has 0 amide bonds. The zero-order chi connectivity index (χ0) is 13.7. The van der Waals surface area contributed by atoms with Crippen molar-refractivity contribution < 1.29 is 8.42 Å². The lowest BCUT2D eigenvalue weighted by Gasteiger charge is -2.10. The van der Waals surface area contributed by atoms with Crippen LogP contribution in [0.15, 0.2) is 29.2 Å². The summed E-state index contributed by atoms with van der Waals surface area (Å²) >= 11 is 0. The van der Waals surface area contributed by atoms with E-state index in [4.69, 9.17) is 0 Å². The number of hydrogen-bond donors (Lipinski definition) is 2. The van der Waals surface area contributed by atoms with E-state index in [-0.39, 0.29) is 12.4 Å². The van der Waals surface area contributed by atoms with Gasteiger partial charge in [-0.3, -0.25) is 0 Å². The molecule has 1 aliphatic heterocycles. The lowest BCUT2D eigenvalue weighted by molar-refractivity contribution is 0.519. The number of aryl methyl sites for hydroxylation is 1. The standard InChI is InChI=1S/C14H22N2O2S.ClH/c1-2-12-4-3-5-14(10-12)19(17,18)16-9-7-13-6-8-15-11-13;/h3-5,10,13,15-16H,2,6-9,11H2,1H3;1H. The Morgan fingerprint density at radius 1 is 1.40 bits per heavy atom. The van der Waals surface area contributed by atoms with Gasteiger partial charge >= 0.3 is 0 Å². The van der Waals surface area contributed by atoms with Gasteiger partial charge in [-0.1, -0.05) is 19.1 Å². The summed E-state index contributed by atoms with van der Waals surface area (Å²) in [6.45, 7) is 4.60. The number of hydrogen-bond acceptors (Lipinski definition) is 3.